The van der Waals surface area contributed by atoms with Crippen molar-refractivity contribution in [1.29, 1.82) is 0 Å². The second kappa shape index (κ2) is 5.76. The molecule has 0 fully saturated rings. The summed E-state index contributed by atoms with van der Waals surface area (Å²) in [5, 5.41) is 12.4. The number of aromatic hydroxyl groups is 1. The van der Waals surface area contributed by atoms with Gasteiger partial charge in [-0.25, -0.2) is 0 Å². The van der Waals surface area contributed by atoms with Gasteiger partial charge in [-0.3, -0.25) is 0 Å². The van der Waals surface area contributed by atoms with Crippen molar-refractivity contribution >= 4 is 0 Å². The van der Waals surface area contributed by atoms with Gasteiger partial charge in [0.25, 0.3) is 0 Å². The quantitative estimate of drug-likeness (QED) is 0.777. The normalized spacial score (nSPS) is 13.1. The summed E-state index contributed by atoms with van der Waals surface area (Å²) in [5.41, 5.74) is 1.29. The van der Waals surface area contributed by atoms with Crippen molar-refractivity contribution in [3.05, 3.63) is 29.8 Å². The summed E-state index contributed by atoms with van der Waals surface area (Å²) < 4.78 is 0. The summed E-state index contributed by atoms with van der Waals surface area (Å²) in [4.78, 5) is 0. The first-order chi connectivity index (χ1) is 7.13. The van der Waals surface area contributed by atoms with Crippen LogP contribution in [0.5, 0.6) is 5.75 Å². The van der Waals surface area contributed by atoms with Crippen LogP contribution >= 0.6 is 0 Å². The van der Waals surface area contributed by atoms with E-state index in [0.717, 1.165) is 13.0 Å². The minimum atomic E-state index is 0.341. The third-order valence-corrected chi connectivity index (χ3v) is 2.84. The van der Waals surface area contributed by atoms with Gasteiger partial charge in [0.1, 0.15) is 5.75 Å². The van der Waals surface area contributed by atoms with E-state index in [4.69, 9.17) is 0 Å². The molecule has 1 aromatic rings. The molecule has 0 saturated carbocycles. The summed E-state index contributed by atoms with van der Waals surface area (Å²) >= 11 is 0. The lowest BCUT2D eigenvalue weighted by Gasteiger charge is -2.20. The minimum absolute atomic E-state index is 0.341. The van der Waals surface area contributed by atoms with Crippen LogP contribution < -0.4 is 5.32 Å². The summed E-state index contributed by atoms with van der Waals surface area (Å²) in [6.45, 7) is 5.55. The van der Waals surface area contributed by atoms with Gasteiger partial charge in [-0.15, -0.1) is 0 Å². The van der Waals surface area contributed by atoms with Crippen LogP contribution in [0, 0.1) is 11.8 Å². The second-order valence-corrected chi connectivity index (χ2v) is 4.43. The fraction of sp³-hybridized carbons (Fsp3) is 0.538. The first-order valence-electron chi connectivity index (χ1n) is 5.56. The highest BCUT2D eigenvalue weighted by Crippen LogP contribution is 2.18. The highest BCUT2D eigenvalue weighted by molar-refractivity contribution is 5.26. The van der Waals surface area contributed by atoms with E-state index in [-0.39, 0.29) is 0 Å². The zero-order chi connectivity index (χ0) is 11.3. The molecule has 0 saturated heterocycles. The predicted octanol–water partition coefficient (Wildman–Crippen LogP) is 2.43. The molecule has 1 atom stereocenters. The molecule has 0 aliphatic carbocycles. The van der Waals surface area contributed by atoms with E-state index in [1.54, 1.807) is 12.1 Å². The number of phenolic OH excluding ortho intramolecular Hbond substituents is 1. The van der Waals surface area contributed by atoms with Crippen LogP contribution in [-0.2, 0) is 6.42 Å². The molecular weight excluding hydrogens is 186 g/mol. The topological polar surface area (TPSA) is 32.3 Å². The first kappa shape index (κ1) is 12.1. The lowest BCUT2D eigenvalue weighted by atomic mass is 9.89. The Morgan fingerprint density at radius 1 is 1.20 bits per heavy atom. The number of rotatable bonds is 5. The fourth-order valence-corrected chi connectivity index (χ4v) is 1.74. The number of phenols is 1. The van der Waals surface area contributed by atoms with Crippen molar-refractivity contribution in [1.82, 2.24) is 5.32 Å². The van der Waals surface area contributed by atoms with Crippen molar-refractivity contribution in [2.24, 2.45) is 11.8 Å². The molecule has 0 radical (unpaired) electrons. The van der Waals surface area contributed by atoms with Crippen LogP contribution in [-0.4, -0.2) is 18.7 Å². The number of hydrogen-bond donors (Lipinski definition) is 2. The molecule has 2 N–H and O–H groups in total. The van der Waals surface area contributed by atoms with Crippen molar-refractivity contribution in [2.45, 2.75) is 20.3 Å². The maximum absolute atomic E-state index is 9.19. The van der Waals surface area contributed by atoms with E-state index >= 15 is 0 Å². The summed E-state index contributed by atoms with van der Waals surface area (Å²) in [6, 6.07) is 7.51. The fourth-order valence-electron chi connectivity index (χ4n) is 1.74. The number of benzene rings is 1. The zero-order valence-electron chi connectivity index (χ0n) is 9.83. The third-order valence-electron chi connectivity index (χ3n) is 2.84. The summed E-state index contributed by atoms with van der Waals surface area (Å²) in [6.07, 6.45) is 1.07. The third kappa shape index (κ3) is 3.92. The van der Waals surface area contributed by atoms with E-state index in [0.29, 0.717) is 17.6 Å². The highest BCUT2D eigenvalue weighted by Gasteiger charge is 2.12. The number of hydrogen-bond acceptors (Lipinski definition) is 2. The smallest absolute Gasteiger partial charge is 0.115 e. The zero-order valence-corrected chi connectivity index (χ0v) is 9.83. The molecule has 2 nitrogen and oxygen atoms in total. The van der Waals surface area contributed by atoms with Gasteiger partial charge >= 0.3 is 0 Å². The molecule has 0 aliphatic rings. The Morgan fingerprint density at radius 2 is 1.80 bits per heavy atom. The van der Waals surface area contributed by atoms with Crippen molar-refractivity contribution < 1.29 is 5.11 Å². The first-order valence-corrected chi connectivity index (χ1v) is 5.56. The van der Waals surface area contributed by atoms with Gasteiger partial charge in [-0.2, -0.15) is 0 Å². The predicted molar refractivity (Wildman–Crippen MR) is 64.1 cm³/mol. The Labute approximate surface area is 92.3 Å². The van der Waals surface area contributed by atoms with E-state index in [9.17, 15) is 5.11 Å². The van der Waals surface area contributed by atoms with E-state index in [1.165, 1.54) is 5.56 Å². The van der Waals surface area contributed by atoms with Crippen LogP contribution in [0.1, 0.15) is 19.4 Å². The average Bonchev–Trinajstić information content (AvgIpc) is 2.20. The van der Waals surface area contributed by atoms with E-state index in [2.05, 4.69) is 19.2 Å². The summed E-state index contributed by atoms with van der Waals surface area (Å²) in [7, 11) is 1.99. The Balaban J connectivity index is 2.61. The second-order valence-electron chi connectivity index (χ2n) is 4.43. The standard InChI is InChI=1S/C13H21NO/c1-10(2)12(9-14-3)8-11-4-6-13(15)7-5-11/h4-7,10,12,14-15H,8-9H2,1-3H3. The lowest BCUT2D eigenvalue weighted by molar-refractivity contribution is 0.370. The molecular formula is C13H21NO. The van der Waals surface area contributed by atoms with Crippen LogP contribution in [0.3, 0.4) is 0 Å². The van der Waals surface area contributed by atoms with Crippen molar-refractivity contribution in [3.63, 3.8) is 0 Å². The Bertz CT molecular complexity index is 279. The van der Waals surface area contributed by atoms with Gasteiger partial charge in [-0.05, 0) is 49.5 Å². The lowest BCUT2D eigenvalue weighted by Crippen LogP contribution is -2.25. The average molecular weight is 207 g/mol. The van der Waals surface area contributed by atoms with Gasteiger partial charge in [-0.1, -0.05) is 26.0 Å². The molecule has 15 heavy (non-hydrogen) atoms. The van der Waals surface area contributed by atoms with Gasteiger partial charge in [0.15, 0.2) is 0 Å². The van der Waals surface area contributed by atoms with Crippen LogP contribution in [0.2, 0.25) is 0 Å². The molecule has 1 rings (SSSR count). The van der Waals surface area contributed by atoms with Crippen LogP contribution in [0.25, 0.3) is 0 Å². The molecule has 0 aliphatic heterocycles. The Hall–Kier alpha value is -1.02. The van der Waals surface area contributed by atoms with Crippen LogP contribution in [0.4, 0.5) is 0 Å². The molecule has 84 valence electrons. The molecule has 0 bridgehead atoms. The van der Waals surface area contributed by atoms with Gasteiger partial charge < -0.3 is 10.4 Å². The summed E-state index contributed by atoms with van der Waals surface area (Å²) in [5.74, 6) is 1.67. The van der Waals surface area contributed by atoms with Gasteiger partial charge in [0.05, 0.1) is 0 Å². The monoisotopic (exact) mass is 207 g/mol. The molecule has 0 heterocycles. The van der Waals surface area contributed by atoms with E-state index < -0.39 is 0 Å². The highest BCUT2D eigenvalue weighted by atomic mass is 16.3. The molecule has 1 unspecified atom stereocenters. The number of nitrogens with one attached hydrogen (secondary N) is 1. The maximum Gasteiger partial charge on any atom is 0.115 e. The van der Waals surface area contributed by atoms with Crippen molar-refractivity contribution in [3.8, 4) is 5.75 Å². The Kier molecular flexibility index (Phi) is 4.63. The van der Waals surface area contributed by atoms with E-state index in [1.807, 2.05) is 19.2 Å². The van der Waals surface area contributed by atoms with Crippen molar-refractivity contribution in [2.75, 3.05) is 13.6 Å². The molecule has 0 spiro atoms. The maximum atomic E-state index is 9.19. The van der Waals surface area contributed by atoms with Crippen LogP contribution in [0.15, 0.2) is 24.3 Å². The SMILES string of the molecule is CNCC(Cc1ccc(O)cc1)C(C)C. The molecule has 1 aromatic carbocycles. The molecule has 2 heteroatoms. The largest absolute Gasteiger partial charge is 0.508 e. The Morgan fingerprint density at radius 3 is 2.27 bits per heavy atom. The van der Waals surface area contributed by atoms with Gasteiger partial charge in [0.2, 0.25) is 0 Å². The molecule has 0 aromatic heterocycles. The molecule has 0 amide bonds. The van der Waals surface area contributed by atoms with Gasteiger partial charge in [0, 0.05) is 0 Å². The minimum Gasteiger partial charge on any atom is -0.508 e.